The van der Waals surface area contributed by atoms with Gasteiger partial charge in [0.2, 0.25) is 0 Å². The number of aryl methyl sites for hydroxylation is 1. The predicted molar refractivity (Wildman–Crippen MR) is 104 cm³/mol. The van der Waals surface area contributed by atoms with E-state index in [9.17, 15) is 0 Å². The molecule has 0 atom stereocenters. The highest BCUT2D eigenvalue weighted by molar-refractivity contribution is 7.17. The van der Waals surface area contributed by atoms with E-state index in [4.69, 9.17) is 14.5 Å². The van der Waals surface area contributed by atoms with Crippen molar-refractivity contribution in [3.8, 4) is 17.4 Å². The summed E-state index contributed by atoms with van der Waals surface area (Å²) in [4.78, 5) is 10.3. The average molecular weight is 379 g/mol. The fourth-order valence-corrected chi connectivity index (χ4v) is 3.99. The number of nitrogens with one attached hydrogen (secondary N) is 1. The number of thiophene rings is 1. The van der Waals surface area contributed by atoms with Crippen LogP contribution in [-0.4, -0.2) is 33.0 Å². The highest BCUT2D eigenvalue weighted by Gasteiger charge is 2.15. The van der Waals surface area contributed by atoms with Crippen LogP contribution in [0, 0.1) is 6.92 Å². The summed E-state index contributed by atoms with van der Waals surface area (Å²) in [5.74, 6) is 2.94. The molecule has 0 amide bonds. The van der Waals surface area contributed by atoms with Crippen LogP contribution in [0.3, 0.4) is 0 Å². The Morgan fingerprint density at radius 1 is 1.19 bits per heavy atom. The molecule has 0 radical (unpaired) electrons. The average Bonchev–Trinajstić information content (AvgIpc) is 3.36. The van der Waals surface area contributed by atoms with Crippen molar-refractivity contribution in [3.63, 3.8) is 0 Å². The van der Waals surface area contributed by atoms with Gasteiger partial charge in [0.05, 0.1) is 5.39 Å². The molecule has 0 spiro atoms. The molecule has 0 unspecified atom stereocenters. The number of rotatable bonds is 4. The van der Waals surface area contributed by atoms with Crippen LogP contribution in [0.25, 0.3) is 16.2 Å². The molecule has 4 heterocycles. The van der Waals surface area contributed by atoms with Crippen LogP contribution >= 0.6 is 11.3 Å². The molecule has 0 bridgehead atoms. The molecular weight excluding hydrogens is 362 g/mol. The quantitative estimate of drug-likeness (QED) is 0.584. The number of nitrogens with zero attached hydrogens (tertiary/aromatic N) is 4. The lowest BCUT2D eigenvalue weighted by Crippen LogP contribution is -2.15. The summed E-state index contributed by atoms with van der Waals surface area (Å²) in [6, 6.07) is 7.85. The van der Waals surface area contributed by atoms with Crippen molar-refractivity contribution in [1.82, 2.24) is 19.7 Å². The number of fused-ring (bicyclic) bond motifs is 2. The van der Waals surface area contributed by atoms with E-state index in [1.165, 1.54) is 0 Å². The second-order valence-electron chi connectivity index (χ2n) is 6.25. The van der Waals surface area contributed by atoms with Crippen LogP contribution in [0.15, 0.2) is 42.0 Å². The van der Waals surface area contributed by atoms with Gasteiger partial charge >= 0.3 is 0 Å². The second-order valence-corrected chi connectivity index (χ2v) is 7.11. The number of benzene rings is 1. The van der Waals surface area contributed by atoms with Crippen molar-refractivity contribution in [2.45, 2.75) is 13.5 Å². The number of ether oxygens (including phenoxy) is 2. The molecule has 1 N–H and O–H groups in total. The van der Waals surface area contributed by atoms with Gasteiger partial charge in [0.1, 0.15) is 23.9 Å². The van der Waals surface area contributed by atoms with Gasteiger partial charge in [-0.2, -0.15) is 15.1 Å². The largest absolute Gasteiger partial charge is 0.486 e. The van der Waals surface area contributed by atoms with E-state index in [1.54, 1.807) is 22.2 Å². The van der Waals surface area contributed by atoms with E-state index in [-0.39, 0.29) is 0 Å². The van der Waals surface area contributed by atoms with Crippen LogP contribution in [-0.2, 0) is 6.54 Å². The third-order valence-electron chi connectivity index (χ3n) is 4.38. The van der Waals surface area contributed by atoms with Gasteiger partial charge in [0.25, 0.3) is 5.95 Å². The number of anilines is 1. The molecule has 136 valence electrons. The zero-order valence-electron chi connectivity index (χ0n) is 14.7. The normalized spacial score (nSPS) is 13.1. The number of aromatic nitrogens is 4. The molecule has 0 saturated heterocycles. The molecule has 0 aliphatic carbocycles. The Labute approximate surface area is 159 Å². The lowest BCUT2D eigenvalue weighted by Gasteiger charge is -2.19. The van der Waals surface area contributed by atoms with E-state index >= 15 is 0 Å². The van der Waals surface area contributed by atoms with Crippen molar-refractivity contribution in [2.75, 3.05) is 18.5 Å². The predicted octanol–water partition coefficient (Wildman–Crippen LogP) is 3.57. The van der Waals surface area contributed by atoms with E-state index in [1.807, 2.05) is 30.5 Å². The van der Waals surface area contributed by atoms with Crippen LogP contribution in [0.4, 0.5) is 5.82 Å². The van der Waals surface area contributed by atoms with Gasteiger partial charge in [-0.25, -0.2) is 4.68 Å². The van der Waals surface area contributed by atoms with Gasteiger partial charge in [-0.05, 0) is 41.6 Å². The SMILES string of the molecule is Cc1csc2nc(-n3cccn3)nc(NCc3ccc4c(c3)OCCO4)c12. The Kier molecular flexibility index (Phi) is 3.90. The topological polar surface area (TPSA) is 74.1 Å². The lowest BCUT2D eigenvalue weighted by atomic mass is 10.2. The van der Waals surface area contributed by atoms with Gasteiger partial charge < -0.3 is 14.8 Å². The van der Waals surface area contributed by atoms with Crippen molar-refractivity contribution >= 4 is 27.4 Å². The molecule has 5 rings (SSSR count). The molecule has 0 saturated carbocycles. The summed E-state index contributed by atoms with van der Waals surface area (Å²) < 4.78 is 12.9. The minimum atomic E-state index is 0.555. The van der Waals surface area contributed by atoms with Crippen LogP contribution in [0.5, 0.6) is 11.5 Å². The molecule has 4 aromatic rings. The molecule has 3 aromatic heterocycles. The third kappa shape index (κ3) is 2.97. The van der Waals surface area contributed by atoms with Crippen molar-refractivity contribution < 1.29 is 9.47 Å². The van der Waals surface area contributed by atoms with Crippen LogP contribution in [0.1, 0.15) is 11.1 Å². The monoisotopic (exact) mass is 379 g/mol. The maximum atomic E-state index is 5.67. The van der Waals surface area contributed by atoms with Gasteiger partial charge in [-0.1, -0.05) is 6.07 Å². The molecule has 1 aromatic carbocycles. The summed E-state index contributed by atoms with van der Waals surface area (Å²) in [5, 5.41) is 10.9. The van der Waals surface area contributed by atoms with E-state index in [2.05, 4.69) is 27.7 Å². The fourth-order valence-electron chi connectivity index (χ4n) is 3.07. The Morgan fingerprint density at radius 3 is 2.93 bits per heavy atom. The summed E-state index contributed by atoms with van der Waals surface area (Å²) in [7, 11) is 0. The number of hydrogen-bond donors (Lipinski definition) is 1. The fraction of sp³-hybridized carbons (Fsp3) is 0.211. The zero-order valence-corrected chi connectivity index (χ0v) is 15.5. The first-order valence-corrected chi connectivity index (χ1v) is 9.54. The lowest BCUT2D eigenvalue weighted by molar-refractivity contribution is 0.171. The van der Waals surface area contributed by atoms with Gasteiger partial charge in [0, 0.05) is 18.9 Å². The summed E-state index contributed by atoms with van der Waals surface area (Å²) >= 11 is 1.61. The van der Waals surface area contributed by atoms with Crippen molar-refractivity contribution in [2.24, 2.45) is 0 Å². The van der Waals surface area contributed by atoms with E-state index < -0.39 is 0 Å². The molecule has 0 fully saturated rings. The highest BCUT2D eigenvalue weighted by atomic mass is 32.1. The Balaban J connectivity index is 1.48. The molecule has 27 heavy (non-hydrogen) atoms. The van der Waals surface area contributed by atoms with Crippen LogP contribution < -0.4 is 14.8 Å². The Bertz CT molecular complexity index is 1110. The van der Waals surface area contributed by atoms with Gasteiger partial charge in [-0.15, -0.1) is 11.3 Å². The zero-order chi connectivity index (χ0) is 18.2. The molecule has 1 aliphatic rings. The van der Waals surface area contributed by atoms with Crippen molar-refractivity contribution in [1.29, 1.82) is 0 Å². The van der Waals surface area contributed by atoms with E-state index in [0.717, 1.165) is 38.7 Å². The molecule has 1 aliphatic heterocycles. The van der Waals surface area contributed by atoms with Crippen LogP contribution in [0.2, 0.25) is 0 Å². The first kappa shape index (κ1) is 16.1. The highest BCUT2D eigenvalue weighted by Crippen LogP contribution is 2.32. The second kappa shape index (κ2) is 6.55. The first-order chi connectivity index (χ1) is 13.3. The third-order valence-corrected chi connectivity index (χ3v) is 5.37. The molecular formula is C19H17N5O2S. The summed E-state index contributed by atoms with van der Waals surface area (Å²) in [5.41, 5.74) is 2.26. The van der Waals surface area contributed by atoms with E-state index in [0.29, 0.717) is 25.7 Å². The first-order valence-electron chi connectivity index (χ1n) is 8.66. The maximum absolute atomic E-state index is 5.67. The molecule has 7 nitrogen and oxygen atoms in total. The standard InChI is InChI=1S/C19H17N5O2S/c1-12-11-27-18-16(12)17(22-19(23-18)24-6-2-5-21-24)20-10-13-3-4-14-15(9-13)26-8-7-25-14/h2-6,9,11H,7-8,10H2,1H3,(H,20,22,23). The Hall–Kier alpha value is -3.13. The maximum Gasteiger partial charge on any atom is 0.253 e. The smallest absolute Gasteiger partial charge is 0.253 e. The summed E-state index contributed by atoms with van der Waals surface area (Å²) in [6.45, 7) is 3.87. The number of hydrogen-bond acceptors (Lipinski definition) is 7. The minimum absolute atomic E-state index is 0.555. The molecule has 8 heteroatoms. The Morgan fingerprint density at radius 2 is 2.07 bits per heavy atom. The van der Waals surface area contributed by atoms with Gasteiger partial charge in [0.15, 0.2) is 11.5 Å². The summed E-state index contributed by atoms with van der Waals surface area (Å²) in [6.07, 6.45) is 3.56. The van der Waals surface area contributed by atoms with Gasteiger partial charge in [-0.3, -0.25) is 0 Å². The van der Waals surface area contributed by atoms with Crippen molar-refractivity contribution in [3.05, 3.63) is 53.2 Å². The minimum Gasteiger partial charge on any atom is -0.486 e.